The van der Waals surface area contributed by atoms with Gasteiger partial charge in [-0.25, -0.2) is 0 Å². The van der Waals surface area contributed by atoms with Gasteiger partial charge in [0.1, 0.15) is 0 Å². The number of fused-ring (bicyclic) bond motifs is 1. The van der Waals surface area contributed by atoms with Crippen molar-refractivity contribution in [3.05, 3.63) is 64.2 Å². The molecule has 0 fully saturated rings. The van der Waals surface area contributed by atoms with Gasteiger partial charge < -0.3 is 0 Å². The number of aryl methyl sites for hydroxylation is 1. The van der Waals surface area contributed by atoms with Crippen LogP contribution in [0.1, 0.15) is 22.6 Å². The van der Waals surface area contributed by atoms with Crippen LogP contribution in [-0.2, 0) is 12.8 Å². The molecule has 0 bridgehead atoms. The summed E-state index contributed by atoms with van der Waals surface area (Å²) in [5.41, 5.74) is 3.96. The predicted octanol–water partition coefficient (Wildman–Crippen LogP) is 3.45. The topological polar surface area (TPSA) is 12.9 Å². The fourth-order valence-corrected chi connectivity index (χ4v) is 4.16. The number of aromatic nitrogens is 1. The molecule has 0 saturated heterocycles. The van der Waals surface area contributed by atoms with Gasteiger partial charge in [-0.05, 0) is 0 Å². The van der Waals surface area contributed by atoms with Crippen molar-refractivity contribution in [2.75, 3.05) is 0 Å². The molecule has 2 heteroatoms. The molecule has 0 radical (unpaired) electrons. The molecular formula is C16H15NSe. The van der Waals surface area contributed by atoms with E-state index in [1.54, 1.807) is 0 Å². The number of hydrogen-bond acceptors (Lipinski definition) is 1. The molecule has 0 aliphatic heterocycles. The second kappa shape index (κ2) is 5.09. The molecule has 1 heterocycles. The van der Waals surface area contributed by atoms with Gasteiger partial charge in [0.25, 0.3) is 0 Å². The van der Waals surface area contributed by atoms with Gasteiger partial charge in [-0.15, -0.1) is 0 Å². The summed E-state index contributed by atoms with van der Waals surface area (Å²) in [5.74, 6) is 0. The van der Waals surface area contributed by atoms with Crippen molar-refractivity contribution in [2.24, 2.45) is 0 Å². The molecule has 18 heavy (non-hydrogen) atoms. The van der Waals surface area contributed by atoms with Crippen molar-refractivity contribution in [2.45, 2.75) is 19.8 Å². The molecule has 0 amide bonds. The Morgan fingerprint density at radius 1 is 0.944 bits per heavy atom. The molecule has 0 spiro atoms. The van der Waals surface area contributed by atoms with Crippen LogP contribution >= 0.6 is 0 Å². The molecule has 3 aromatic rings. The van der Waals surface area contributed by atoms with E-state index in [-0.39, 0.29) is 0 Å². The summed E-state index contributed by atoms with van der Waals surface area (Å²) in [6, 6.07) is 17.4. The van der Waals surface area contributed by atoms with Crippen molar-refractivity contribution in [3.8, 4) is 0 Å². The average molecular weight is 300 g/mol. The Hall–Kier alpha value is -1.37. The summed E-state index contributed by atoms with van der Waals surface area (Å²) in [7, 11) is 0. The number of hydrogen-bond donors (Lipinski definition) is 0. The van der Waals surface area contributed by atoms with E-state index in [0.29, 0.717) is 14.5 Å². The van der Waals surface area contributed by atoms with Gasteiger partial charge in [-0.2, -0.15) is 0 Å². The summed E-state index contributed by atoms with van der Waals surface area (Å²) in [5, 5.41) is 0. The van der Waals surface area contributed by atoms with Gasteiger partial charge >= 0.3 is 113 Å². The molecule has 0 aliphatic rings. The average Bonchev–Trinajstić information content (AvgIpc) is 2.82. The van der Waals surface area contributed by atoms with Crippen molar-refractivity contribution in [3.63, 3.8) is 0 Å². The summed E-state index contributed by atoms with van der Waals surface area (Å²) in [4.78, 5) is 4.73. The first-order valence-electron chi connectivity index (χ1n) is 6.27. The summed E-state index contributed by atoms with van der Waals surface area (Å²) in [6.45, 7) is 2.19. The van der Waals surface area contributed by atoms with E-state index in [4.69, 9.17) is 4.98 Å². The van der Waals surface area contributed by atoms with E-state index in [9.17, 15) is 0 Å². The normalized spacial score (nSPS) is 10.9. The predicted molar refractivity (Wildman–Crippen MR) is 77.3 cm³/mol. The SMILES string of the molecule is CCc1ccc(Cc2nc3ccccc3[se]2)cc1. The Balaban J connectivity index is 1.86. The van der Waals surface area contributed by atoms with E-state index in [0.717, 1.165) is 12.8 Å². The zero-order chi connectivity index (χ0) is 12.4. The number of para-hydroxylation sites is 1. The Labute approximate surface area is 113 Å². The van der Waals surface area contributed by atoms with Crippen molar-refractivity contribution in [1.82, 2.24) is 4.98 Å². The molecule has 0 atom stereocenters. The van der Waals surface area contributed by atoms with E-state index >= 15 is 0 Å². The maximum atomic E-state index is 4.73. The van der Waals surface area contributed by atoms with Crippen LogP contribution < -0.4 is 0 Å². The minimum absolute atomic E-state index is 0.417. The van der Waals surface area contributed by atoms with Crippen LogP contribution in [0.4, 0.5) is 0 Å². The quantitative estimate of drug-likeness (QED) is 0.675. The molecule has 1 aromatic heterocycles. The number of benzene rings is 2. The van der Waals surface area contributed by atoms with Crippen molar-refractivity contribution in [1.29, 1.82) is 0 Å². The van der Waals surface area contributed by atoms with Gasteiger partial charge in [0, 0.05) is 0 Å². The van der Waals surface area contributed by atoms with Gasteiger partial charge in [0.15, 0.2) is 0 Å². The molecule has 0 saturated carbocycles. The third-order valence-electron chi connectivity index (χ3n) is 3.12. The number of rotatable bonds is 3. The molecule has 2 aromatic carbocycles. The molecule has 0 unspecified atom stereocenters. The van der Waals surface area contributed by atoms with Gasteiger partial charge in [0.2, 0.25) is 0 Å². The monoisotopic (exact) mass is 301 g/mol. The second-order valence-electron chi connectivity index (χ2n) is 4.42. The molecule has 0 aliphatic carbocycles. The zero-order valence-electron chi connectivity index (χ0n) is 10.4. The fourth-order valence-electron chi connectivity index (χ4n) is 2.06. The van der Waals surface area contributed by atoms with Gasteiger partial charge in [0.05, 0.1) is 0 Å². The maximum absolute atomic E-state index is 4.73. The Morgan fingerprint density at radius 2 is 1.67 bits per heavy atom. The van der Waals surface area contributed by atoms with Gasteiger partial charge in [-0.3, -0.25) is 0 Å². The standard InChI is InChI=1S/C16H15NSe/c1-2-12-7-9-13(10-8-12)11-16-17-14-5-3-4-6-15(14)18-16/h3-10H,2,11H2,1H3. The van der Waals surface area contributed by atoms with Crippen LogP contribution in [0.5, 0.6) is 0 Å². The van der Waals surface area contributed by atoms with E-state index in [2.05, 4.69) is 55.5 Å². The van der Waals surface area contributed by atoms with E-state index in [1.807, 2.05) is 0 Å². The molecule has 3 rings (SSSR count). The van der Waals surface area contributed by atoms with Crippen molar-refractivity contribution < 1.29 is 0 Å². The molecular weight excluding hydrogens is 285 g/mol. The second-order valence-corrected chi connectivity index (χ2v) is 6.76. The van der Waals surface area contributed by atoms with Crippen molar-refractivity contribution >= 4 is 24.3 Å². The third-order valence-corrected chi connectivity index (χ3v) is 5.30. The summed E-state index contributed by atoms with van der Waals surface area (Å²) in [6.07, 6.45) is 2.11. The van der Waals surface area contributed by atoms with Crippen LogP contribution in [0.15, 0.2) is 48.5 Å². The van der Waals surface area contributed by atoms with E-state index < -0.39 is 0 Å². The summed E-state index contributed by atoms with van der Waals surface area (Å²) >= 11 is 0.417. The molecule has 1 nitrogen and oxygen atoms in total. The molecule has 90 valence electrons. The Bertz CT molecular complexity index is 619. The minimum atomic E-state index is 0.417. The Kier molecular flexibility index (Phi) is 3.31. The first-order valence-corrected chi connectivity index (χ1v) is 7.99. The first kappa shape index (κ1) is 11.7. The molecule has 0 N–H and O–H groups in total. The number of nitrogens with zero attached hydrogens (tertiary/aromatic N) is 1. The van der Waals surface area contributed by atoms with Crippen LogP contribution in [0, 0.1) is 0 Å². The van der Waals surface area contributed by atoms with Crippen LogP contribution in [-0.4, -0.2) is 19.5 Å². The fraction of sp³-hybridized carbons (Fsp3) is 0.188. The first-order chi connectivity index (χ1) is 8.85. The van der Waals surface area contributed by atoms with Crippen LogP contribution in [0.3, 0.4) is 0 Å². The zero-order valence-corrected chi connectivity index (χ0v) is 12.1. The van der Waals surface area contributed by atoms with Crippen LogP contribution in [0.2, 0.25) is 0 Å². The van der Waals surface area contributed by atoms with E-state index in [1.165, 1.54) is 25.5 Å². The van der Waals surface area contributed by atoms with Gasteiger partial charge in [-0.1, -0.05) is 0 Å². The Morgan fingerprint density at radius 3 is 2.39 bits per heavy atom. The summed E-state index contributed by atoms with van der Waals surface area (Å²) < 4.78 is 2.76. The van der Waals surface area contributed by atoms with Crippen LogP contribution in [0.25, 0.3) is 9.78 Å². The third kappa shape index (κ3) is 2.40.